The minimum Gasteiger partial charge on any atom is -0.333 e. The summed E-state index contributed by atoms with van der Waals surface area (Å²) in [6.45, 7) is 2.62. The Morgan fingerprint density at radius 2 is 2.10 bits per heavy atom. The molecule has 0 aromatic rings. The second-order valence-corrected chi connectivity index (χ2v) is 4.71. The Morgan fingerprint density at radius 1 is 1.70 bits per heavy atom. The van der Waals surface area contributed by atoms with Crippen LogP contribution < -0.4 is 0 Å². The van der Waals surface area contributed by atoms with Crippen molar-refractivity contribution in [2.24, 2.45) is 0 Å². The molecule has 0 fully saturated rings. The second kappa shape index (κ2) is 3.28. The van der Waals surface area contributed by atoms with Crippen molar-refractivity contribution >= 4 is 13.3 Å². The fourth-order valence-electron chi connectivity index (χ4n) is 0.453. The van der Waals surface area contributed by atoms with Gasteiger partial charge in [-0.25, -0.2) is 4.67 Å². The van der Waals surface area contributed by atoms with Crippen LogP contribution in [0.5, 0.6) is 0 Å². The molecule has 1 unspecified atom stereocenters. The lowest BCUT2D eigenvalue weighted by Crippen LogP contribution is -2.20. The van der Waals surface area contributed by atoms with Crippen molar-refractivity contribution in [2.75, 3.05) is 20.3 Å². The van der Waals surface area contributed by atoms with Crippen LogP contribution in [0.1, 0.15) is 6.92 Å². The van der Waals surface area contributed by atoms with E-state index < -0.39 is 7.52 Å². The van der Waals surface area contributed by atoms with Crippen molar-refractivity contribution in [1.29, 1.82) is 0 Å². The molecule has 60 valence electrons. The predicted molar refractivity (Wildman–Crippen MR) is 39.1 cm³/mol. The number of rotatable bonds is 3. The lowest BCUT2D eigenvalue weighted by molar-refractivity contribution is -0.117. The molecule has 0 amide bonds. The summed E-state index contributed by atoms with van der Waals surface area (Å²) < 4.78 is 11.9. The number of carbonyl (C=O) groups is 1. The normalized spacial score (nSPS) is 16.9. The number of carbonyl (C=O) groups excluding carboxylic acids is 1. The van der Waals surface area contributed by atoms with Gasteiger partial charge in [0.25, 0.3) is 7.52 Å². The Balaban J connectivity index is 3.98. The summed E-state index contributed by atoms with van der Waals surface area (Å²) >= 11 is 0. The summed E-state index contributed by atoms with van der Waals surface area (Å²) in [5.41, 5.74) is 0. The molecule has 0 heterocycles. The lowest BCUT2D eigenvalue weighted by atomic mass is 10.5. The summed E-state index contributed by atoms with van der Waals surface area (Å²) in [6.07, 6.45) is 0. The maximum absolute atomic E-state index is 10.8. The highest BCUT2D eigenvalue weighted by Gasteiger charge is 2.17. The maximum Gasteiger partial charge on any atom is 0.266 e. The van der Waals surface area contributed by atoms with E-state index in [0.29, 0.717) is 0 Å². The van der Waals surface area contributed by atoms with E-state index in [1.165, 1.54) is 20.6 Å². The molecule has 0 bridgehead atoms. The van der Waals surface area contributed by atoms with Crippen molar-refractivity contribution in [3.63, 3.8) is 0 Å². The molecule has 0 saturated heterocycles. The Bertz CT molecular complexity index is 174. The van der Waals surface area contributed by atoms with Gasteiger partial charge in [-0.15, -0.1) is 0 Å². The van der Waals surface area contributed by atoms with E-state index in [0.717, 1.165) is 4.67 Å². The molecule has 0 aliphatic heterocycles. The average Bonchev–Trinajstić information content (AvgIpc) is 1.60. The fourth-order valence-corrected chi connectivity index (χ4v) is 0.915. The minimum absolute atomic E-state index is 0.0320. The number of Topliss-reactive ketones (excluding diaryl/α,β-unsaturated/α-hetero) is 1. The molecule has 10 heavy (non-hydrogen) atoms. The Labute approximate surface area is 60.3 Å². The van der Waals surface area contributed by atoms with Gasteiger partial charge in [0, 0.05) is 6.66 Å². The molecule has 0 radical (unpaired) electrons. The molecule has 0 aromatic carbocycles. The van der Waals surface area contributed by atoms with E-state index in [4.69, 9.17) is 4.89 Å². The molecule has 0 aliphatic rings. The monoisotopic (exact) mass is 165 g/mol. The van der Waals surface area contributed by atoms with Gasteiger partial charge in [-0.2, -0.15) is 0 Å². The van der Waals surface area contributed by atoms with Gasteiger partial charge in [0.15, 0.2) is 0 Å². The molecule has 0 spiro atoms. The Hall–Kier alpha value is -0.180. The molecular weight excluding hydrogens is 153 g/mol. The average molecular weight is 165 g/mol. The molecule has 0 saturated carbocycles. The Morgan fingerprint density at radius 3 is 2.20 bits per heavy atom. The van der Waals surface area contributed by atoms with Gasteiger partial charge in [0.2, 0.25) is 0 Å². The highest BCUT2D eigenvalue weighted by atomic mass is 31.2. The molecule has 1 N–H and O–H groups in total. The first-order chi connectivity index (χ1) is 4.34. The first kappa shape index (κ1) is 9.82. The highest BCUT2D eigenvalue weighted by molar-refractivity contribution is 7.54. The zero-order valence-electron chi connectivity index (χ0n) is 6.37. The zero-order chi connectivity index (χ0) is 8.36. The van der Waals surface area contributed by atoms with Crippen molar-refractivity contribution in [1.82, 2.24) is 4.67 Å². The molecule has 0 aromatic heterocycles. The van der Waals surface area contributed by atoms with E-state index >= 15 is 0 Å². The smallest absolute Gasteiger partial charge is 0.266 e. The molecule has 5 heteroatoms. The van der Waals surface area contributed by atoms with Crippen molar-refractivity contribution in [3.05, 3.63) is 0 Å². The van der Waals surface area contributed by atoms with Gasteiger partial charge in [-0.05, 0) is 14.0 Å². The van der Waals surface area contributed by atoms with Crippen LogP contribution in [0.25, 0.3) is 0 Å². The SMILES string of the molecule is CC(=O)CN(C)P(C)(=O)O. The topological polar surface area (TPSA) is 57.6 Å². The van der Waals surface area contributed by atoms with Gasteiger partial charge in [-0.3, -0.25) is 9.36 Å². The molecule has 0 aliphatic carbocycles. The van der Waals surface area contributed by atoms with Crippen LogP contribution in [0.15, 0.2) is 0 Å². The van der Waals surface area contributed by atoms with Crippen LogP contribution >= 0.6 is 7.52 Å². The van der Waals surface area contributed by atoms with E-state index in [1.54, 1.807) is 0 Å². The third kappa shape index (κ3) is 3.77. The van der Waals surface area contributed by atoms with E-state index in [2.05, 4.69) is 0 Å². The van der Waals surface area contributed by atoms with E-state index in [1.807, 2.05) is 0 Å². The number of nitrogens with zero attached hydrogens (tertiary/aromatic N) is 1. The third-order valence-electron chi connectivity index (χ3n) is 1.08. The van der Waals surface area contributed by atoms with Crippen molar-refractivity contribution in [2.45, 2.75) is 6.92 Å². The van der Waals surface area contributed by atoms with Crippen LogP contribution in [0, 0.1) is 0 Å². The molecule has 1 atom stereocenters. The first-order valence-corrected chi connectivity index (χ1v) is 4.91. The summed E-state index contributed by atoms with van der Waals surface area (Å²) in [4.78, 5) is 19.3. The standard InChI is InChI=1S/C5H12NO3P/c1-5(7)4-6(2)10(3,8)9/h4H2,1-3H3,(H,8,9). The quantitative estimate of drug-likeness (QED) is 0.612. The number of ketones is 1. The largest absolute Gasteiger partial charge is 0.333 e. The summed E-state index contributed by atoms with van der Waals surface area (Å²) in [7, 11) is -1.75. The third-order valence-corrected chi connectivity index (χ3v) is 2.49. The summed E-state index contributed by atoms with van der Waals surface area (Å²) in [6, 6.07) is 0. The summed E-state index contributed by atoms with van der Waals surface area (Å²) in [5.74, 6) is -0.112. The van der Waals surface area contributed by atoms with Crippen LogP contribution in [-0.4, -0.2) is 35.6 Å². The molecular formula is C5H12NO3P. The molecule has 4 nitrogen and oxygen atoms in total. The lowest BCUT2D eigenvalue weighted by Gasteiger charge is -2.17. The Kier molecular flexibility index (Phi) is 3.22. The van der Waals surface area contributed by atoms with E-state index in [-0.39, 0.29) is 12.3 Å². The number of hydrogen-bond donors (Lipinski definition) is 1. The zero-order valence-corrected chi connectivity index (χ0v) is 7.26. The number of hydrogen-bond acceptors (Lipinski definition) is 2. The number of likely N-dealkylation sites (N-methyl/N-ethyl adjacent to an activating group) is 1. The first-order valence-electron chi connectivity index (χ1n) is 2.85. The van der Waals surface area contributed by atoms with Gasteiger partial charge in [0.05, 0.1) is 6.54 Å². The second-order valence-electron chi connectivity index (χ2n) is 2.35. The predicted octanol–water partition coefficient (Wildman–Crippen LogP) is 0.322. The van der Waals surface area contributed by atoms with Crippen molar-refractivity contribution in [3.8, 4) is 0 Å². The van der Waals surface area contributed by atoms with Crippen molar-refractivity contribution < 1.29 is 14.3 Å². The molecule has 0 rings (SSSR count). The van der Waals surface area contributed by atoms with Crippen LogP contribution in [0.3, 0.4) is 0 Å². The van der Waals surface area contributed by atoms with Crippen LogP contribution in [0.4, 0.5) is 0 Å². The van der Waals surface area contributed by atoms with E-state index in [9.17, 15) is 9.36 Å². The van der Waals surface area contributed by atoms with Gasteiger partial charge >= 0.3 is 0 Å². The van der Waals surface area contributed by atoms with Crippen LogP contribution in [0.2, 0.25) is 0 Å². The van der Waals surface area contributed by atoms with Gasteiger partial charge in [0.1, 0.15) is 5.78 Å². The minimum atomic E-state index is -3.20. The maximum atomic E-state index is 10.8. The van der Waals surface area contributed by atoms with Gasteiger partial charge in [-0.1, -0.05) is 0 Å². The van der Waals surface area contributed by atoms with Gasteiger partial charge < -0.3 is 4.89 Å². The highest BCUT2D eigenvalue weighted by Crippen LogP contribution is 2.38. The van der Waals surface area contributed by atoms with Crippen LogP contribution in [-0.2, 0) is 9.36 Å². The summed E-state index contributed by atoms with van der Waals surface area (Å²) in [5, 5.41) is 0. The fraction of sp³-hybridized carbons (Fsp3) is 0.800.